The minimum Gasteiger partial charge on any atom is -0.330 e. The van der Waals surface area contributed by atoms with Crippen LogP contribution in [0.5, 0.6) is 0 Å². The number of carbonyl (C=O) groups is 1. The average molecular weight is 375 g/mol. The van der Waals surface area contributed by atoms with Crippen molar-refractivity contribution in [2.24, 2.45) is 0 Å². The minimum atomic E-state index is -0.516. The molecule has 7 heteroatoms. The van der Waals surface area contributed by atoms with E-state index in [9.17, 15) is 14.9 Å². The molecular weight excluding hydrogens is 354 g/mol. The van der Waals surface area contributed by atoms with Gasteiger partial charge in [-0.1, -0.05) is 41.9 Å². The molecule has 1 aliphatic carbocycles. The quantitative estimate of drug-likeness (QED) is 0.599. The SMILES string of the molecule is O=C(Nc1ccc([N+](=O)[O-])cc1Cl)[C@@H]([NH2+]C1CCCC1)c1ccccc1. The molecular formula is C19H21ClN3O3+. The van der Waals surface area contributed by atoms with Crippen molar-refractivity contribution >= 4 is 28.9 Å². The van der Waals surface area contributed by atoms with Gasteiger partial charge in [0, 0.05) is 17.7 Å². The molecule has 136 valence electrons. The number of rotatable bonds is 6. The molecule has 0 saturated heterocycles. The van der Waals surface area contributed by atoms with Gasteiger partial charge in [-0.25, -0.2) is 0 Å². The van der Waals surface area contributed by atoms with Gasteiger partial charge in [-0.05, 0) is 31.7 Å². The lowest BCUT2D eigenvalue weighted by Crippen LogP contribution is -2.92. The van der Waals surface area contributed by atoms with E-state index in [1.165, 1.54) is 31.0 Å². The largest absolute Gasteiger partial charge is 0.330 e. The molecule has 3 N–H and O–H groups in total. The summed E-state index contributed by atoms with van der Waals surface area (Å²) in [4.78, 5) is 23.2. The number of nitrogens with one attached hydrogen (secondary N) is 1. The molecule has 2 aromatic carbocycles. The molecule has 0 heterocycles. The molecule has 2 aromatic rings. The maximum Gasteiger partial charge on any atom is 0.287 e. The van der Waals surface area contributed by atoms with Crippen molar-refractivity contribution in [3.8, 4) is 0 Å². The summed E-state index contributed by atoms with van der Waals surface area (Å²) in [5.41, 5.74) is 1.20. The Hall–Kier alpha value is -2.44. The van der Waals surface area contributed by atoms with Crippen LogP contribution >= 0.6 is 11.6 Å². The van der Waals surface area contributed by atoms with Crippen LogP contribution in [0.2, 0.25) is 5.02 Å². The van der Waals surface area contributed by atoms with Crippen molar-refractivity contribution in [3.63, 3.8) is 0 Å². The number of non-ortho nitro benzene ring substituents is 1. The number of nitrogens with two attached hydrogens (primary N) is 1. The molecule has 0 bridgehead atoms. The van der Waals surface area contributed by atoms with Gasteiger partial charge in [0.1, 0.15) is 0 Å². The topological polar surface area (TPSA) is 88.8 Å². The fraction of sp³-hybridized carbons (Fsp3) is 0.316. The third-order valence-corrected chi connectivity index (χ3v) is 5.04. The molecule has 1 fully saturated rings. The predicted molar refractivity (Wildman–Crippen MR) is 100 cm³/mol. The number of anilines is 1. The van der Waals surface area contributed by atoms with Crippen molar-refractivity contribution in [2.45, 2.75) is 37.8 Å². The summed E-state index contributed by atoms with van der Waals surface area (Å²) in [6.07, 6.45) is 4.60. The maximum atomic E-state index is 12.9. The highest BCUT2D eigenvalue weighted by molar-refractivity contribution is 6.34. The molecule has 0 spiro atoms. The second kappa shape index (κ2) is 8.29. The van der Waals surface area contributed by atoms with Crippen molar-refractivity contribution < 1.29 is 15.0 Å². The average Bonchev–Trinajstić information content (AvgIpc) is 3.15. The molecule has 0 radical (unpaired) electrons. The van der Waals surface area contributed by atoms with Crippen molar-refractivity contribution in [1.29, 1.82) is 0 Å². The smallest absolute Gasteiger partial charge is 0.287 e. The lowest BCUT2D eigenvalue weighted by molar-refractivity contribution is -0.714. The first kappa shape index (κ1) is 18.4. The van der Waals surface area contributed by atoms with E-state index in [0.717, 1.165) is 18.4 Å². The van der Waals surface area contributed by atoms with Crippen molar-refractivity contribution in [3.05, 3.63) is 69.2 Å². The van der Waals surface area contributed by atoms with Gasteiger partial charge in [0.15, 0.2) is 6.04 Å². The number of nitrogens with zero attached hydrogens (tertiary/aromatic N) is 1. The van der Waals surface area contributed by atoms with Crippen LogP contribution in [0.3, 0.4) is 0 Å². The molecule has 0 unspecified atom stereocenters. The van der Waals surface area contributed by atoms with Gasteiger partial charge in [0.25, 0.3) is 11.6 Å². The van der Waals surface area contributed by atoms with Gasteiger partial charge in [-0.3, -0.25) is 14.9 Å². The standard InChI is InChI=1S/C19H20ClN3O3/c20-16-12-15(23(25)26)10-11-17(16)22-19(24)18(13-6-2-1-3-7-13)21-14-8-4-5-9-14/h1-3,6-7,10-12,14,18,21H,4-5,8-9H2,(H,22,24)/p+1/t18-/m0/s1. The van der Waals surface area contributed by atoms with Gasteiger partial charge in [-0.2, -0.15) is 0 Å². The first-order chi connectivity index (χ1) is 12.5. The Morgan fingerprint density at radius 1 is 1.19 bits per heavy atom. The number of benzene rings is 2. The number of carbonyl (C=O) groups excluding carboxylic acids is 1. The first-order valence-corrected chi connectivity index (χ1v) is 9.07. The van der Waals surface area contributed by atoms with Crippen LogP contribution in [0.15, 0.2) is 48.5 Å². The van der Waals surface area contributed by atoms with Crippen LogP contribution in [-0.2, 0) is 4.79 Å². The van der Waals surface area contributed by atoms with Gasteiger partial charge in [0.05, 0.1) is 21.7 Å². The zero-order chi connectivity index (χ0) is 18.5. The lowest BCUT2D eigenvalue weighted by Gasteiger charge is -2.20. The molecule has 1 atom stereocenters. The zero-order valence-electron chi connectivity index (χ0n) is 14.2. The Kier molecular flexibility index (Phi) is 5.85. The van der Waals surface area contributed by atoms with E-state index in [4.69, 9.17) is 11.6 Å². The molecule has 1 saturated carbocycles. The first-order valence-electron chi connectivity index (χ1n) is 8.69. The number of nitro groups is 1. The highest BCUT2D eigenvalue weighted by Gasteiger charge is 2.30. The Labute approximate surface area is 156 Å². The van der Waals surface area contributed by atoms with Gasteiger partial charge in [0.2, 0.25) is 0 Å². The third-order valence-electron chi connectivity index (χ3n) is 4.73. The number of amides is 1. The number of hydrogen-bond donors (Lipinski definition) is 2. The van der Waals surface area contributed by atoms with E-state index in [1.807, 2.05) is 30.3 Å². The van der Waals surface area contributed by atoms with Crippen LogP contribution in [-0.4, -0.2) is 16.9 Å². The van der Waals surface area contributed by atoms with Crippen LogP contribution in [0, 0.1) is 10.1 Å². The minimum absolute atomic E-state index is 0.106. The predicted octanol–water partition coefficient (Wildman–Crippen LogP) is 3.43. The highest BCUT2D eigenvalue weighted by Crippen LogP contribution is 2.27. The summed E-state index contributed by atoms with van der Waals surface area (Å²) in [6, 6.07) is 13.7. The Morgan fingerprint density at radius 2 is 1.88 bits per heavy atom. The molecule has 3 rings (SSSR count). The second-order valence-electron chi connectivity index (χ2n) is 6.54. The van der Waals surface area contributed by atoms with Crippen LogP contribution in [0.25, 0.3) is 0 Å². The van der Waals surface area contributed by atoms with E-state index in [2.05, 4.69) is 10.6 Å². The van der Waals surface area contributed by atoms with Gasteiger partial charge >= 0.3 is 0 Å². The number of halogens is 1. The maximum absolute atomic E-state index is 12.9. The van der Waals surface area contributed by atoms with Crippen LogP contribution in [0.1, 0.15) is 37.3 Å². The van der Waals surface area contributed by atoms with Gasteiger partial charge < -0.3 is 10.6 Å². The van der Waals surface area contributed by atoms with E-state index in [0.29, 0.717) is 11.7 Å². The molecule has 1 aliphatic rings. The molecule has 0 aliphatic heterocycles. The molecule has 1 amide bonds. The number of hydrogen-bond acceptors (Lipinski definition) is 3. The molecule has 26 heavy (non-hydrogen) atoms. The normalized spacial score (nSPS) is 15.6. The Morgan fingerprint density at radius 3 is 2.50 bits per heavy atom. The number of nitro benzene ring substituents is 1. The summed E-state index contributed by atoms with van der Waals surface area (Å²) in [7, 11) is 0. The summed E-state index contributed by atoms with van der Waals surface area (Å²) in [6.45, 7) is 0. The lowest BCUT2D eigenvalue weighted by atomic mass is 10.0. The summed E-state index contributed by atoms with van der Waals surface area (Å²) in [5.74, 6) is -0.182. The summed E-state index contributed by atoms with van der Waals surface area (Å²) in [5, 5.41) is 15.9. The fourth-order valence-electron chi connectivity index (χ4n) is 3.36. The highest BCUT2D eigenvalue weighted by atomic mass is 35.5. The van der Waals surface area contributed by atoms with E-state index >= 15 is 0 Å². The number of quaternary nitrogens is 1. The fourth-order valence-corrected chi connectivity index (χ4v) is 3.58. The van der Waals surface area contributed by atoms with Crippen LogP contribution < -0.4 is 10.6 Å². The van der Waals surface area contributed by atoms with E-state index in [1.54, 1.807) is 0 Å². The molecule has 6 nitrogen and oxygen atoms in total. The van der Waals surface area contributed by atoms with Crippen LogP contribution in [0.4, 0.5) is 11.4 Å². The Balaban J connectivity index is 1.80. The molecule has 0 aromatic heterocycles. The van der Waals surface area contributed by atoms with Gasteiger partial charge in [-0.15, -0.1) is 0 Å². The van der Waals surface area contributed by atoms with E-state index in [-0.39, 0.29) is 22.7 Å². The summed E-state index contributed by atoms with van der Waals surface area (Å²) >= 11 is 6.11. The zero-order valence-corrected chi connectivity index (χ0v) is 15.0. The monoisotopic (exact) mass is 374 g/mol. The third kappa shape index (κ3) is 4.39. The van der Waals surface area contributed by atoms with Crippen molar-refractivity contribution in [1.82, 2.24) is 0 Å². The second-order valence-corrected chi connectivity index (χ2v) is 6.94. The summed E-state index contributed by atoms with van der Waals surface area (Å²) < 4.78 is 0. The Bertz CT molecular complexity index is 792. The van der Waals surface area contributed by atoms with Crippen molar-refractivity contribution in [2.75, 3.05) is 5.32 Å². The van der Waals surface area contributed by atoms with E-state index < -0.39 is 4.92 Å².